The highest BCUT2D eigenvalue weighted by molar-refractivity contribution is 6.33. The Hall–Kier alpha value is -2.50. The van der Waals surface area contributed by atoms with Gasteiger partial charge >= 0.3 is 0 Å². The van der Waals surface area contributed by atoms with E-state index in [-0.39, 0.29) is 5.82 Å². The van der Waals surface area contributed by atoms with Gasteiger partial charge in [-0.1, -0.05) is 29.8 Å². The highest BCUT2D eigenvalue weighted by atomic mass is 35.5. The summed E-state index contributed by atoms with van der Waals surface area (Å²) in [5, 5.41) is 3.82. The number of pyridine rings is 2. The van der Waals surface area contributed by atoms with Crippen LogP contribution in [-0.4, -0.2) is 23.2 Å². The number of nitrogens with one attached hydrogen (secondary N) is 1. The fourth-order valence-corrected chi connectivity index (χ4v) is 3.78. The first-order valence-electron chi connectivity index (χ1n) is 9.85. The van der Waals surface area contributed by atoms with Gasteiger partial charge in [-0.2, -0.15) is 0 Å². The Balaban J connectivity index is 1.50. The van der Waals surface area contributed by atoms with Crippen LogP contribution in [0, 0.1) is 11.7 Å². The monoisotopic (exact) mass is 411 g/mol. The van der Waals surface area contributed by atoms with Crippen molar-refractivity contribution in [3.8, 4) is 11.3 Å². The topological polar surface area (TPSA) is 47.0 Å². The van der Waals surface area contributed by atoms with E-state index >= 15 is 0 Å². The molecule has 2 aromatic heterocycles. The molecule has 1 saturated heterocycles. The van der Waals surface area contributed by atoms with Crippen LogP contribution in [0.1, 0.15) is 24.1 Å². The van der Waals surface area contributed by atoms with E-state index in [1.54, 1.807) is 12.3 Å². The smallest absolute Gasteiger partial charge is 0.126 e. The lowest BCUT2D eigenvalue weighted by molar-refractivity contribution is 0.0547. The summed E-state index contributed by atoms with van der Waals surface area (Å²) < 4.78 is 18.9. The molecule has 3 aromatic rings. The van der Waals surface area contributed by atoms with Gasteiger partial charge in [0.15, 0.2) is 0 Å². The maximum Gasteiger partial charge on any atom is 0.126 e. The van der Waals surface area contributed by atoms with Crippen LogP contribution in [0.5, 0.6) is 0 Å². The lowest BCUT2D eigenvalue weighted by atomic mass is 9.96. The number of halogens is 2. The molecule has 1 aliphatic heterocycles. The number of rotatable bonds is 6. The van der Waals surface area contributed by atoms with Crippen LogP contribution in [0.3, 0.4) is 0 Å². The molecule has 1 fully saturated rings. The van der Waals surface area contributed by atoms with E-state index in [9.17, 15) is 4.39 Å². The summed E-state index contributed by atoms with van der Waals surface area (Å²) in [6.45, 7) is 2.14. The Bertz CT molecular complexity index is 976. The molecule has 0 saturated carbocycles. The Labute approximate surface area is 175 Å². The highest BCUT2D eigenvalue weighted by Gasteiger charge is 2.16. The predicted molar refractivity (Wildman–Crippen MR) is 113 cm³/mol. The van der Waals surface area contributed by atoms with Gasteiger partial charge in [-0.05, 0) is 61.1 Å². The molecule has 6 heteroatoms. The molecule has 1 aromatic carbocycles. The molecule has 4 nitrogen and oxygen atoms in total. The largest absolute Gasteiger partial charge is 0.381 e. The predicted octanol–water partition coefficient (Wildman–Crippen LogP) is 5.52. The van der Waals surface area contributed by atoms with Crippen molar-refractivity contribution in [2.75, 3.05) is 18.5 Å². The Morgan fingerprint density at radius 3 is 2.90 bits per heavy atom. The number of hydrogen-bond donors (Lipinski definition) is 1. The van der Waals surface area contributed by atoms with Crippen LogP contribution < -0.4 is 5.32 Å². The van der Waals surface area contributed by atoms with Crippen LogP contribution in [-0.2, 0) is 17.7 Å². The molecule has 0 amide bonds. The van der Waals surface area contributed by atoms with Crippen molar-refractivity contribution in [3.63, 3.8) is 0 Å². The molecule has 1 N–H and O–H groups in total. The van der Waals surface area contributed by atoms with Gasteiger partial charge in [-0.25, -0.2) is 9.37 Å². The molecule has 1 aliphatic rings. The minimum Gasteiger partial charge on any atom is -0.381 e. The third kappa shape index (κ3) is 5.31. The fourth-order valence-electron chi connectivity index (χ4n) is 3.58. The lowest BCUT2D eigenvalue weighted by Gasteiger charge is -2.21. The van der Waals surface area contributed by atoms with E-state index in [0.717, 1.165) is 55.0 Å². The average Bonchev–Trinajstić information content (AvgIpc) is 2.75. The van der Waals surface area contributed by atoms with Crippen LogP contribution in [0.25, 0.3) is 11.3 Å². The summed E-state index contributed by atoms with van der Waals surface area (Å²) >= 11 is 6.43. The van der Waals surface area contributed by atoms with Gasteiger partial charge in [0.25, 0.3) is 0 Å². The van der Waals surface area contributed by atoms with Crippen molar-refractivity contribution in [2.45, 2.75) is 25.8 Å². The van der Waals surface area contributed by atoms with Gasteiger partial charge in [-0.15, -0.1) is 0 Å². The van der Waals surface area contributed by atoms with E-state index in [0.29, 0.717) is 23.3 Å². The lowest BCUT2D eigenvalue weighted by Crippen LogP contribution is -2.19. The van der Waals surface area contributed by atoms with Crippen molar-refractivity contribution in [1.29, 1.82) is 0 Å². The molecule has 0 radical (unpaired) electrons. The van der Waals surface area contributed by atoms with Crippen molar-refractivity contribution >= 4 is 17.4 Å². The van der Waals surface area contributed by atoms with Crippen LogP contribution in [0.15, 0.2) is 54.7 Å². The highest BCUT2D eigenvalue weighted by Crippen LogP contribution is 2.29. The normalized spacial score (nSPS) is 16.6. The first-order valence-corrected chi connectivity index (χ1v) is 10.2. The van der Waals surface area contributed by atoms with Gasteiger partial charge in [0.2, 0.25) is 0 Å². The zero-order chi connectivity index (χ0) is 20.1. The summed E-state index contributed by atoms with van der Waals surface area (Å²) in [4.78, 5) is 9.19. The van der Waals surface area contributed by atoms with Crippen molar-refractivity contribution < 1.29 is 9.13 Å². The Kier molecular flexibility index (Phi) is 6.37. The quantitative estimate of drug-likeness (QED) is 0.580. The summed E-state index contributed by atoms with van der Waals surface area (Å²) in [7, 11) is 0. The third-order valence-corrected chi connectivity index (χ3v) is 5.35. The molecule has 29 heavy (non-hydrogen) atoms. The molecule has 1 atom stereocenters. The molecule has 0 spiro atoms. The average molecular weight is 412 g/mol. The van der Waals surface area contributed by atoms with Crippen molar-refractivity contribution in [1.82, 2.24) is 9.97 Å². The molecule has 0 bridgehead atoms. The second kappa shape index (κ2) is 9.33. The summed E-state index contributed by atoms with van der Waals surface area (Å²) in [6, 6.07) is 14.3. The van der Waals surface area contributed by atoms with Gasteiger partial charge < -0.3 is 10.1 Å². The molecule has 4 rings (SSSR count). The van der Waals surface area contributed by atoms with E-state index < -0.39 is 0 Å². The maximum absolute atomic E-state index is 13.4. The molecule has 0 aliphatic carbocycles. The Morgan fingerprint density at radius 1 is 1.17 bits per heavy atom. The van der Waals surface area contributed by atoms with Gasteiger partial charge in [0, 0.05) is 37.2 Å². The number of ether oxygens (including phenoxy) is 1. The van der Waals surface area contributed by atoms with Crippen molar-refractivity contribution in [2.24, 2.45) is 5.92 Å². The number of benzene rings is 1. The number of hydrogen-bond acceptors (Lipinski definition) is 4. The second-order valence-corrected chi connectivity index (χ2v) is 7.74. The zero-order valence-electron chi connectivity index (χ0n) is 16.1. The standard InChI is InChI=1S/C23H23ClFN3O/c24-21-14-26-19(11-17-5-3-9-29-15-17)12-20(21)22-7-2-8-23(28-22)27-13-16-4-1-6-18(25)10-16/h1-2,4,6-8,10,12,14,17H,3,5,9,11,13,15H2,(H,27,28)/t17-/m0/s1. The summed E-state index contributed by atoms with van der Waals surface area (Å²) in [5.41, 5.74) is 3.50. The molecular weight excluding hydrogens is 389 g/mol. The number of anilines is 1. The van der Waals surface area contributed by atoms with Crippen LogP contribution >= 0.6 is 11.6 Å². The van der Waals surface area contributed by atoms with Gasteiger partial charge in [-0.3, -0.25) is 4.98 Å². The molecular formula is C23H23ClFN3O. The number of nitrogens with zero attached hydrogens (tertiary/aromatic N) is 2. The first kappa shape index (κ1) is 19.8. The van der Waals surface area contributed by atoms with E-state index in [4.69, 9.17) is 16.3 Å². The zero-order valence-corrected chi connectivity index (χ0v) is 16.8. The fraction of sp³-hybridized carbons (Fsp3) is 0.304. The maximum atomic E-state index is 13.4. The summed E-state index contributed by atoms with van der Waals surface area (Å²) in [5.74, 6) is 0.963. The summed E-state index contributed by atoms with van der Waals surface area (Å²) in [6.07, 6.45) is 4.84. The number of aromatic nitrogens is 2. The SMILES string of the molecule is Fc1cccc(CNc2cccc(-c3cc(C[C@@H]4CCCOC4)ncc3Cl)n2)c1. The second-order valence-electron chi connectivity index (χ2n) is 7.33. The van der Waals surface area contributed by atoms with E-state index in [2.05, 4.69) is 15.3 Å². The van der Waals surface area contributed by atoms with Crippen LogP contribution in [0.2, 0.25) is 5.02 Å². The third-order valence-electron chi connectivity index (χ3n) is 5.05. The van der Waals surface area contributed by atoms with Gasteiger partial charge in [0.1, 0.15) is 11.6 Å². The molecule has 150 valence electrons. The minimum absolute atomic E-state index is 0.245. The van der Waals surface area contributed by atoms with Gasteiger partial charge in [0.05, 0.1) is 10.7 Å². The Morgan fingerprint density at radius 2 is 2.07 bits per heavy atom. The first-order chi connectivity index (χ1) is 14.2. The molecule has 3 heterocycles. The van der Waals surface area contributed by atoms with Crippen LogP contribution in [0.4, 0.5) is 10.2 Å². The molecule has 0 unspecified atom stereocenters. The van der Waals surface area contributed by atoms with Crippen molar-refractivity contribution in [3.05, 3.63) is 76.8 Å². The minimum atomic E-state index is -0.245. The van der Waals surface area contributed by atoms with E-state index in [1.165, 1.54) is 12.1 Å². The van der Waals surface area contributed by atoms with E-state index in [1.807, 2.05) is 30.3 Å².